The Labute approximate surface area is 163 Å². The van der Waals surface area contributed by atoms with E-state index in [1.165, 1.54) is 0 Å². The second kappa shape index (κ2) is 6.97. The summed E-state index contributed by atoms with van der Waals surface area (Å²) in [6, 6.07) is 19.5. The van der Waals surface area contributed by atoms with Crippen LogP contribution in [0.5, 0.6) is 0 Å². The Morgan fingerprint density at radius 1 is 1.00 bits per heavy atom. The Kier molecular flexibility index (Phi) is 4.47. The van der Waals surface area contributed by atoms with Gasteiger partial charge in [-0.15, -0.1) is 0 Å². The number of hydrogen-bond donors (Lipinski definition) is 2. The van der Waals surface area contributed by atoms with Crippen molar-refractivity contribution in [1.29, 1.82) is 5.41 Å². The van der Waals surface area contributed by atoms with E-state index in [2.05, 4.69) is 23.5 Å². The van der Waals surface area contributed by atoms with Gasteiger partial charge in [-0.25, -0.2) is 0 Å². The Bertz CT molecular complexity index is 1270. The predicted octanol–water partition coefficient (Wildman–Crippen LogP) is 5.17. The van der Waals surface area contributed by atoms with Crippen LogP contribution < -0.4 is 10.9 Å². The number of aryl methyl sites for hydroxylation is 2. The molecule has 1 aromatic heterocycles. The minimum absolute atomic E-state index is 0.131. The Hall–Kier alpha value is -3.40. The van der Waals surface area contributed by atoms with E-state index < -0.39 is 0 Å². The number of hydrogen-bond acceptors (Lipinski definition) is 3. The number of benzene rings is 3. The van der Waals surface area contributed by atoms with Gasteiger partial charge >= 0.3 is 0 Å². The first-order valence-corrected chi connectivity index (χ1v) is 9.32. The SMILES string of the molecule is Cc1ccc(C)c(C(C)NC(=O)c2cc3c(ccc4ccccc43)oc2=N)c1. The molecule has 0 saturated heterocycles. The molecule has 4 heteroatoms. The highest BCUT2D eigenvalue weighted by Gasteiger charge is 2.17. The second-order valence-electron chi connectivity index (χ2n) is 7.24. The van der Waals surface area contributed by atoms with Crippen LogP contribution in [0.15, 0.2) is 65.1 Å². The molecular formula is C24H22N2O2. The van der Waals surface area contributed by atoms with Gasteiger partial charge in [0, 0.05) is 5.39 Å². The maximum Gasteiger partial charge on any atom is 0.257 e. The van der Waals surface area contributed by atoms with Gasteiger partial charge in [0.2, 0.25) is 5.55 Å². The van der Waals surface area contributed by atoms with E-state index in [1.54, 1.807) is 6.07 Å². The summed E-state index contributed by atoms with van der Waals surface area (Å²) in [5, 5.41) is 14.1. The van der Waals surface area contributed by atoms with Crippen molar-refractivity contribution in [3.8, 4) is 0 Å². The van der Waals surface area contributed by atoms with E-state index in [-0.39, 0.29) is 23.1 Å². The predicted molar refractivity (Wildman–Crippen MR) is 111 cm³/mol. The number of fused-ring (bicyclic) bond motifs is 3. The van der Waals surface area contributed by atoms with Gasteiger partial charge in [-0.3, -0.25) is 10.2 Å². The zero-order chi connectivity index (χ0) is 19.8. The molecule has 0 radical (unpaired) electrons. The lowest BCUT2D eigenvalue weighted by Gasteiger charge is -2.17. The highest BCUT2D eigenvalue weighted by atomic mass is 16.3. The lowest BCUT2D eigenvalue weighted by atomic mass is 9.99. The van der Waals surface area contributed by atoms with Crippen molar-refractivity contribution in [2.24, 2.45) is 0 Å². The molecule has 1 amide bonds. The number of nitrogens with one attached hydrogen (secondary N) is 2. The Balaban J connectivity index is 1.74. The average molecular weight is 370 g/mol. The van der Waals surface area contributed by atoms with E-state index in [9.17, 15) is 4.79 Å². The summed E-state index contributed by atoms with van der Waals surface area (Å²) in [6.45, 7) is 6.02. The fraction of sp³-hybridized carbons (Fsp3) is 0.167. The molecule has 0 bridgehead atoms. The average Bonchev–Trinajstić information content (AvgIpc) is 2.68. The first-order chi connectivity index (χ1) is 13.4. The maximum absolute atomic E-state index is 12.9. The van der Waals surface area contributed by atoms with Gasteiger partial charge in [0.25, 0.3) is 5.91 Å². The molecule has 0 aliphatic carbocycles. The van der Waals surface area contributed by atoms with E-state index in [0.717, 1.165) is 32.8 Å². The molecule has 0 aliphatic rings. The molecule has 1 atom stereocenters. The summed E-state index contributed by atoms with van der Waals surface area (Å²) in [5.41, 5.74) is 4.05. The molecule has 28 heavy (non-hydrogen) atoms. The molecule has 3 aromatic carbocycles. The van der Waals surface area contributed by atoms with Crippen LogP contribution in [0.1, 0.15) is 40.0 Å². The largest absolute Gasteiger partial charge is 0.438 e. The quantitative estimate of drug-likeness (QED) is 0.488. The van der Waals surface area contributed by atoms with Crippen molar-refractivity contribution in [3.05, 3.63) is 88.5 Å². The fourth-order valence-electron chi connectivity index (χ4n) is 3.64. The van der Waals surface area contributed by atoms with Crippen LogP contribution in [-0.2, 0) is 0 Å². The highest BCUT2D eigenvalue weighted by Crippen LogP contribution is 2.25. The number of amides is 1. The zero-order valence-corrected chi connectivity index (χ0v) is 16.2. The Morgan fingerprint density at radius 2 is 1.79 bits per heavy atom. The van der Waals surface area contributed by atoms with E-state index in [0.29, 0.717) is 5.58 Å². The fourth-order valence-corrected chi connectivity index (χ4v) is 3.64. The van der Waals surface area contributed by atoms with Gasteiger partial charge in [-0.1, -0.05) is 54.1 Å². The molecule has 0 saturated carbocycles. The van der Waals surface area contributed by atoms with Crippen molar-refractivity contribution in [2.75, 3.05) is 0 Å². The monoisotopic (exact) mass is 370 g/mol. The number of carbonyl (C=O) groups is 1. The van der Waals surface area contributed by atoms with Crippen molar-refractivity contribution in [1.82, 2.24) is 5.32 Å². The van der Waals surface area contributed by atoms with Gasteiger partial charge in [0.05, 0.1) is 6.04 Å². The first kappa shape index (κ1) is 18.0. The van der Waals surface area contributed by atoms with Gasteiger partial charge in [-0.05, 0) is 54.8 Å². The van der Waals surface area contributed by atoms with E-state index in [1.807, 2.05) is 57.2 Å². The van der Waals surface area contributed by atoms with Crippen LogP contribution in [0.2, 0.25) is 0 Å². The van der Waals surface area contributed by atoms with E-state index >= 15 is 0 Å². The van der Waals surface area contributed by atoms with Gasteiger partial charge in [0.1, 0.15) is 11.1 Å². The smallest absolute Gasteiger partial charge is 0.257 e. The standard InChI is InChI=1S/C24H22N2O2/c1-14-8-9-15(2)19(12-14)16(3)26-24(27)21-13-20-18-7-5-4-6-17(18)10-11-22(20)28-23(21)25/h4-13,16,25H,1-3H3,(H,26,27). The topological polar surface area (TPSA) is 66.1 Å². The summed E-state index contributed by atoms with van der Waals surface area (Å²) in [5.74, 6) is -0.308. The third-order valence-electron chi connectivity index (χ3n) is 5.17. The molecule has 4 nitrogen and oxygen atoms in total. The second-order valence-corrected chi connectivity index (χ2v) is 7.24. The number of carbonyl (C=O) groups excluding carboxylic acids is 1. The lowest BCUT2D eigenvalue weighted by Crippen LogP contribution is -2.31. The van der Waals surface area contributed by atoms with Crippen LogP contribution in [0.3, 0.4) is 0 Å². The van der Waals surface area contributed by atoms with Crippen molar-refractivity contribution in [3.63, 3.8) is 0 Å². The normalized spacial score (nSPS) is 12.2. The molecule has 4 rings (SSSR count). The molecule has 0 spiro atoms. The first-order valence-electron chi connectivity index (χ1n) is 9.32. The molecule has 4 aromatic rings. The molecule has 2 N–H and O–H groups in total. The molecule has 1 heterocycles. The molecule has 1 unspecified atom stereocenters. The lowest BCUT2D eigenvalue weighted by molar-refractivity contribution is 0.0935. The minimum Gasteiger partial charge on any atom is -0.438 e. The molecule has 140 valence electrons. The molecule has 0 fully saturated rings. The van der Waals surface area contributed by atoms with Crippen LogP contribution in [-0.4, -0.2) is 5.91 Å². The van der Waals surface area contributed by atoms with Gasteiger partial charge < -0.3 is 9.73 Å². The maximum atomic E-state index is 12.9. The summed E-state index contributed by atoms with van der Waals surface area (Å²) in [7, 11) is 0. The van der Waals surface area contributed by atoms with Crippen LogP contribution in [0, 0.1) is 19.3 Å². The Morgan fingerprint density at radius 3 is 2.61 bits per heavy atom. The van der Waals surface area contributed by atoms with Crippen LogP contribution in [0.25, 0.3) is 21.7 Å². The van der Waals surface area contributed by atoms with Crippen molar-refractivity contribution in [2.45, 2.75) is 26.8 Å². The van der Waals surface area contributed by atoms with Gasteiger partial charge in [-0.2, -0.15) is 0 Å². The molecule has 0 aliphatic heterocycles. The summed E-state index contributed by atoms with van der Waals surface area (Å²) < 4.78 is 5.66. The van der Waals surface area contributed by atoms with Crippen LogP contribution >= 0.6 is 0 Å². The zero-order valence-electron chi connectivity index (χ0n) is 16.2. The van der Waals surface area contributed by atoms with Crippen molar-refractivity contribution >= 4 is 27.6 Å². The van der Waals surface area contributed by atoms with Gasteiger partial charge in [0.15, 0.2) is 0 Å². The summed E-state index contributed by atoms with van der Waals surface area (Å²) in [4.78, 5) is 12.9. The van der Waals surface area contributed by atoms with Crippen LogP contribution in [0.4, 0.5) is 0 Å². The number of rotatable bonds is 3. The molecular weight excluding hydrogens is 348 g/mol. The van der Waals surface area contributed by atoms with E-state index in [4.69, 9.17) is 9.83 Å². The highest BCUT2D eigenvalue weighted by molar-refractivity contribution is 6.07. The van der Waals surface area contributed by atoms with Crippen molar-refractivity contribution < 1.29 is 9.21 Å². The third-order valence-corrected chi connectivity index (χ3v) is 5.17. The summed E-state index contributed by atoms with van der Waals surface area (Å²) in [6.07, 6.45) is 0. The summed E-state index contributed by atoms with van der Waals surface area (Å²) >= 11 is 0. The minimum atomic E-state index is -0.308. The third kappa shape index (κ3) is 3.18.